The molecule has 0 saturated heterocycles. The van der Waals surface area contributed by atoms with Crippen LogP contribution in [0.15, 0.2) is 237 Å². The van der Waals surface area contributed by atoms with E-state index in [-0.39, 0.29) is 5.82 Å². The van der Waals surface area contributed by atoms with E-state index in [1.54, 1.807) is 18.2 Å². The summed E-state index contributed by atoms with van der Waals surface area (Å²) in [4.78, 5) is 1.95. The standard InChI is InChI=1S/C63H41FN2/c64-60-41-50(46-14-3-1-4-15-46)40-59(48-16-5-2-6-17-48)63(60)66(52-38-32-45(42-65)33-39-52)51-36-30-44(31-37-51)27-26-43-28-34-49(35-29-43)61-55-21-9-11-23-57(55)62(58-24-12-10-22-56(58)61)54-25-13-19-47-18-7-8-20-53(47)54/h1-41H. The van der Waals surface area contributed by atoms with Gasteiger partial charge in [-0.1, -0.05) is 200 Å². The van der Waals surface area contributed by atoms with E-state index in [1.807, 2.05) is 89.8 Å². The molecule has 0 aliphatic rings. The Balaban J connectivity index is 0.944. The summed E-state index contributed by atoms with van der Waals surface area (Å²) in [6.45, 7) is 0. The van der Waals surface area contributed by atoms with Crippen LogP contribution in [-0.2, 0) is 0 Å². The summed E-state index contributed by atoms with van der Waals surface area (Å²) in [5.41, 5.74) is 12.8. The minimum Gasteiger partial charge on any atom is -0.307 e. The van der Waals surface area contributed by atoms with Crippen molar-refractivity contribution in [3.05, 3.63) is 259 Å². The molecule has 0 spiro atoms. The van der Waals surface area contributed by atoms with Crippen molar-refractivity contribution in [2.75, 3.05) is 4.90 Å². The molecule has 0 aliphatic carbocycles. The van der Waals surface area contributed by atoms with Gasteiger partial charge in [0.25, 0.3) is 0 Å². The van der Waals surface area contributed by atoms with Gasteiger partial charge in [0.2, 0.25) is 0 Å². The zero-order chi connectivity index (χ0) is 44.4. The van der Waals surface area contributed by atoms with Crippen LogP contribution < -0.4 is 4.90 Å². The number of anilines is 3. The van der Waals surface area contributed by atoms with E-state index in [4.69, 9.17) is 0 Å². The summed E-state index contributed by atoms with van der Waals surface area (Å²) in [6, 6.07) is 82.8. The molecule has 3 heteroatoms. The van der Waals surface area contributed by atoms with Gasteiger partial charge >= 0.3 is 0 Å². The van der Waals surface area contributed by atoms with Crippen LogP contribution in [0.3, 0.4) is 0 Å². The number of fused-ring (bicyclic) bond motifs is 3. The maximum Gasteiger partial charge on any atom is 0.148 e. The highest BCUT2D eigenvalue weighted by Crippen LogP contribution is 2.47. The molecule has 0 radical (unpaired) electrons. The van der Waals surface area contributed by atoms with Crippen LogP contribution >= 0.6 is 0 Å². The highest BCUT2D eigenvalue weighted by atomic mass is 19.1. The number of benzene rings is 11. The molecule has 66 heavy (non-hydrogen) atoms. The molecule has 0 fully saturated rings. The van der Waals surface area contributed by atoms with E-state index in [2.05, 4.69) is 152 Å². The molecule has 11 aromatic rings. The predicted octanol–water partition coefficient (Wildman–Crippen LogP) is 17.5. The Morgan fingerprint density at radius 2 is 0.864 bits per heavy atom. The lowest BCUT2D eigenvalue weighted by atomic mass is 9.84. The van der Waals surface area contributed by atoms with Crippen molar-refractivity contribution in [2.24, 2.45) is 0 Å². The van der Waals surface area contributed by atoms with E-state index in [9.17, 15) is 5.26 Å². The maximum atomic E-state index is 17.0. The van der Waals surface area contributed by atoms with Crippen LogP contribution in [0.5, 0.6) is 0 Å². The van der Waals surface area contributed by atoms with Crippen molar-refractivity contribution in [2.45, 2.75) is 0 Å². The van der Waals surface area contributed by atoms with Crippen molar-refractivity contribution in [3.8, 4) is 50.6 Å². The summed E-state index contributed by atoms with van der Waals surface area (Å²) in [5, 5.41) is 17.0. The predicted molar refractivity (Wildman–Crippen MR) is 275 cm³/mol. The number of hydrogen-bond donors (Lipinski definition) is 0. The molecule has 310 valence electrons. The lowest BCUT2D eigenvalue weighted by Crippen LogP contribution is -2.13. The lowest BCUT2D eigenvalue weighted by Gasteiger charge is -2.29. The quantitative estimate of drug-likeness (QED) is 0.107. The Morgan fingerprint density at radius 3 is 1.45 bits per heavy atom. The van der Waals surface area contributed by atoms with Gasteiger partial charge in [-0.25, -0.2) is 4.39 Å². The Bertz CT molecular complexity index is 3560. The molecular weight excluding hydrogens is 804 g/mol. The van der Waals surface area contributed by atoms with Crippen molar-refractivity contribution in [1.29, 1.82) is 5.26 Å². The van der Waals surface area contributed by atoms with E-state index < -0.39 is 0 Å². The lowest BCUT2D eigenvalue weighted by molar-refractivity contribution is 0.630. The van der Waals surface area contributed by atoms with Crippen LogP contribution in [0, 0.1) is 17.1 Å². The third kappa shape index (κ3) is 7.47. The zero-order valence-corrected chi connectivity index (χ0v) is 35.9. The fourth-order valence-corrected chi connectivity index (χ4v) is 9.41. The first kappa shape index (κ1) is 40.0. The monoisotopic (exact) mass is 844 g/mol. The molecule has 0 aromatic heterocycles. The van der Waals surface area contributed by atoms with Gasteiger partial charge in [-0.15, -0.1) is 0 Å². The Hall–Kier alpha value is -8.84. The maximum absolute atomic E-state index is 17.0. The smallest absolute Gasteiger partial charge is 0.148 e. The highest BCUT2D eigenvalue weighted by Gasteiger charge is 2.23. The highest BCUT2D eigenvalue weighted by molar-refractivity contribution is 6.23. The van der Waals surface area contributed by atoms with Crippen molar-refractivity contribution < 1.29 is 4.39 Å². The van der Waals surface area contributed by atoms with E-state index in [0.29, 0.717) is 11.3 Å². The van der Waals surface area contributed by atoms with Crippen molar-refractivity contribution in [1.82, 2.24) is 0 Å². The Morgan fingerprint density at radius 1 is 0.379 bits per heavy atom. The normalized spacial score (nSPS) is 11.3. The first-order valence-corrected chi connectivity index (χ1v) is 22.2. The summed E-state index contributed by atoms with van der Waals surface area (Å²) in [6.07, 6.45) is 4.24. The van der Waals surface area contributed by atoms with Gasteiger partial charge in [0.15, 0.2) is 0 Å². The molecule has 11 rings (SSSR count). The summed E-state index contributed by atoms with van der Waals surface area (Å²) in [5.74, 6) is -0.353. The van der Waals surface area contributed by atoms with Crippen LogP contribution in [0.2, 0.25) is 0 Å². The van der Waals surface area contributed by atoms with E-state index in [0.717, 1.165) is 50.3 Å². The average Bonchev–Trinajstić information content (AvgIpc) is 3.39. The van der Waals surface area contributed by atoms with Crippen LogP contribution in [0.1, 0.15) is 16.7 Å². The summed E-state index contributed by atoms with van der Waals surface area (Å²) in [7, 11) is 0. The first-order chi connectivity index (χ1) is 32.6. The SMILES string of the molecule is N#Cc1ccc(N(c2ccc(C=Cc3ccc(-c4c5ccccc5c(-c5cccc6ccccc56)c5ccccc45)cc3)cc2)c2c(F)cc(-c3ccccc3)cc2-c2ccccc2)cc1. The van der Waals surface area contributed by atoms with Crippen LogP contribution in [-0.4, -0.2) is 0 Å². The number of nitrogens with zero attached hydrogens (tertiary/aromatic N) is 2. The number of halogens is 1. The zero-order valence-electron chi connectivity index (χ0n) is 35.9. The molecule has 0 unspecified atom stereocenters. The topological polar surface area (TPSA) is 27.0 Å². The molecule has 0 N–H and O–H groups in total. The minimum atomic E-state index is -0.353. The second-order valence-corrected chi connectivity index (χ2v) is 16.5. The number of nitriles is 1. The van der Waals surface area contributed by atoms with Gasteiger partial charge in [0.1, 0.15) is 5.82 Å². The van der Waals surface area contributed by atoms with Gasteiger partial charge in [-0.2, -0.15) is 5.26 Å². The van der Waals surface area contributed by atoms with Crippen molar-refractivity contribution in [3.63, 3.8) is 0 Å². The molecule has 0 bridgehead atoms. The molecule has 0 saturated carbocycles. The third-order valence-corrected chi connectivity index (χ3v) is 12.5. The van der Waals surface area contributed by atoms with E-state index >= 15 is 4.39 Å². The van der Waals surface area contributed by atoms with Crippen LogP contribution in [0.4, 0.5) is 21.5 Å². The fraction of sp³-hybridized carbons (Fsp3) is 0. The second kappa shape index (κ2) is 17.4. The van der Waals surface area contributed by atoms with Gasteiger partial charge in [-0.3, -0.25) is 0 Å². The van der Waals surface area contributed by atoms with Gasteiger partial charge < -0.3 is 4.90 Å². The van der Waals surface area contributed by atoms with Crippen LogP contribution in [0.25, 0.3) is 89.0 Å². The molecule has 11 aromatic carbocycles. The van der Waals surface area contributed by atoms with Gasteiger partial charge in [-0.05, 0) is 131 Å². The Kier molecular flexibility index (Phi) is 10.5. The molecular formula is C63H41FN2. The largest absolute Gasteiger partial charge is 0.307 e. The second-order valence-electron chi connectivity index (χ2n) is 16.5. The average molecular weight is 845 g/mol. The summed E-state index contributed by atoms with van der Waals surface area (Å²) < 4.78 is 17.0. The van der Waals surface area contributed by atoms with Gasteiger partial charge in [0, 0.05) is 16.9 Å². The molecule has 0 atom stereocenters. The number of hydrogen-bond acceptors (Lipinski definition) is 2. The third-order valence-electron chi connectivity index (χ3n) is 12.5. The molecule has 2 nitrogen and oxygen atoms in total. The number of rotatable bonds is 9. The Labute approximate surface area is 384 Å². The van der Waals surface area contributed by atoms with E-state index in [1.165, 1.54) is 49.0 Å². The van der Waals surface area contributed by atoms with Gasteiger partial charge in [0.05, 0.1) is 17.3 Å². The minimum absolute atomic E-state index is 0.353. The summed E-state index contributed by atoms with van der Waals surface area (Å²) >= 11 is 0. The molecule has 0 aliphatic heterocycles. The first-order valence-electron chi connectivity index (χ1n) is 22.2. The molecule has 0 heterocycles. The fourth-order valence-electron chi connectivity index (χ4n) is 9.41. The molecule has 0 amide bonds. The van der Waals surface area contributed by atoms with Crippen molar-refractivity contribution >= 4 is 61.5 Å².